The number of methoxy groups -OCH3 is 1. The van der Waals surface area contributed by atoms with Gasteiger partial charge >= 0.3 is 0 Å². The number of aliphatic imine (C=N–C) groups is 1. The van der Waals surface area contributed by atoms with Crippen LogP contribution in [0.25, 0.3) is 0 Å². The van der Waals surface area contributed by atoms with Crippen LogP contribution in [0.2, 0.25) is 5.02 Å². The van der Waals surface area contributed by atoms with Crippen LogP contribution in [0.1, 0.15) is 38.7 Å². The summed E-state index contributed by atoms with van der Waals surface area (Å²) in [6, 6.07) is 3.78. The van der Waals surface area contributed by atoms with Crippen molar-refractivity contribution < 1.29 is 14.2 Å². The van der Waals surface area contributed by atoms with E-state index >= 15 is 0 Å². The van der Waals surface area contributed by atoms with Crippen molar-refractivity contribution in [1.29, 1.82) is 0 Å². The van der Waals surface area contributed by atoms with Gasteiger partial charge in [0, 0.05) is 26.3 Å². The largest absolute Gasteiger partial charge is 0.493 e. The molecule has 27 heavy (non-hydrogen) atoms. The molecule has 2 N–H and O–H groups in total. The number of rotatable bonds is 12. The molecule has 0 unspecified atom stereocenters. The maximum Gasteiger partial charge on any atom is 0.191 e. The third kappa shape index (κ3) is 7.85. The van der Waals surface area contributed by atoms with Gasteiger partial charge in [-0.15, -0.1) is 0 Å². The quantitative estimate of drug-likeness (QED) is 0.320. The first kappa shape index (κ1) is 21.6. The molecule has 1 aliphatic carbocycles. The summed E-state index contributed by atoms with van der Waals surface area (Å²) in [5.74, 6) is 2.80. The Morgan fingerprint density at radius 2 is 2.07 bits per heavy atom. The lowest BCUT2D eigenvalue weighted by molar-refractivity contribution is 0.123. The van der Waals surface area contributed by atoms with Crippen molar-refractivity contribution >= 4 is 17.6 Å². The third-order valence-electron chi connectivity index (χ3n) is 4.15. The summed E-state index contributed by atoms with van der Waals surface area (Å²) >= 11 is 6.33. The zero-order chi connectivity index (χ0) is 19.5. The predicted octanol–water partition coefficient (Wildman–Crippen LogP) is 3.62. The lowest BCUT2D eigenvalue weighted by Gasteiger charge is -2.14. The Bertz CT molecular complexity index is 606. The molecule has 0 amide bonds. The van der Waals surface area contributed by atoms with E-state index in [1.807, 2.05) is 26.0 Å². The second-order valence-corrected chi connectivity index (χ2v) is 6.94. The van der Waals surface area contributed by atoms with E-state index in [2.05, 4.69) is 15.6 Å². The van der Waals surface area contributed by atoms with Crippen molar-refractivity contribution in [2.45, 2.75) is 39.7 Å². The van der Waals surface area contributed by atoms with Crippen LogP contribution in [-0.2, 0) is 11.3 Å². The van der Waals surface area contributed by atoms with Crippen molar-refractivity contribution in [2.24, 2.45) is 10.9 Å². The van der Waals surface area contributed by atoms with Crippen molar-refractivity contribution in [3.05, 3.63) is 22.7 Å². The molecule has 0 heterocycles. The molecule has 0 saturated heterocycles. The van der Waals surface area contributed by atoms with Crippen LogP contribution in [0, 0.1) is 5.92 Å². The van der Waals surface area contributed by atoms with Gasteiger partial charge in [0.05, 0.1) is 25.3 Å². The van der Waals surface area contributed by atoms with Gasteiger partial charge in [-0.25, -0.2) is 4.99 Å². The fraction of sp³-hybridized carbons (Fsp3) is 0.650. The fourth-order valence-electron chi connectivity index (χ4n) is 2.58. The Hall–Kier alpha value is -1.66. The van der Waals surface area contributed by atoms with E-state index in [-0.39, 0.29) is 0 Å². The highest BCUT2D eigenvalue weighted by atomic mass is 35.5. The first-order chi connectivity index (χ1) is 13.2. The summed E-state index contributed by atoms with van der Waals surface area (Å²) in [7, 11) is 1.61. The maximum absolute atomic E-state index is 6.33. The zero-order valence-electron chi connectivity index (χ0n) is 16.6. The smallest absolute Gasteiger partial charge is 0.191 e. The van der Waals surface area contributed by atoms with Crippen molar-refractivity contribution in [3.8, 4) is 11.5 Å². The van der Waals surface area contributed by atoms with Crippen LogP contribution in [0.5, 0.6) is 11.5 Å². The molecule has 6 nitrogen and oxygen atoms in total. The zero-order valence-corrected chi connectivity index (χ0v) is 17.4. The van der Waals surface area contributed by atoms with Gasteiger partial charge in [-0.3, -0.25) is 0 Å². The molecule has 152 valence electrons. The Labute approximate surface area is 167 Å². The molecular weight excluding hydrogens is 366 g/mol. The second kappa shape index (κ2) is 11.9. The molecule has 0 spiro atoms. The predicted molar refractivity (Wildman–Crippen MR) is 110 cm³/mol. The summed E-state index contributed by atoms with van der Waals surface area (Å²) in [6.07, 6.45) is 3.62. The van der Waals surface area contributed by atoms with Gasteiger partial charge in [0.25, 0.3) is 0 Å². The van der Waals surface area contributed by atoms with Crippen LogP contribution in [0.3, 0.4) is 0 Å². The number of hydrogen-bond acceptors (Lipinski definition) is 4. The molecular formula is C20H32ClN3O3. The molecule has 2 rings (SSSR count). The van der Waals surface area contributed by atoms with Crippen LogP contribution in [0.4, 0.5) is 0 Å². The standard InChI is InChI=1S/C20H32ClN3O3/c1-4-22-20(23-9-6-10-26-14-15-7-8-15)24-13-16-11-17(21)19(27-5-2)18(12-16)25-3/h11-12,15H,4-10,13-14H2,1-3H3,(H2,22,23,24). The molecule has 1 fully saturated rings. The number of hydrogen-bond donors (Lipinski definition) is 2. The minimum absolute atomic E-state index is 0.496. The van der Waals surface area contributed by atoms with E-state index in [1.54, 1.807) is 7.11 Å². The number of nitrogens with one attached hydrogen (secondary N) is 2. The monoisotopic (exact) mass is 397 g/mol. The summed E-state index contributed by atoms with van der Waals surface area (Å²) in [4.78, 5) is 4.63. The minimum atomic E-state index is 0.496. The van der Waals surface area contributed by atoms with Crippen molar-refractivity contribution in [1.82, 2.24) is 10.6 Å². The molecule has 0 radical (unpaired) electrons. The lowest BCUT2D eigenvalue weighted by atomic mass is 10.2. The highest BCUT2D eigenvalue weighted by Gasteiger charge is 2.20. The Morgan fingerprint density at radius 3 is 2.74 bits per heavy atom. The average molecular weight is 398 g/mol. The number of ether oxygens (including phenoxy) is 3. The van der Waals surface area contributed by atoms with E-state index in [9.17, 15) is 0 Å². The second-order valence-electron chi connectivity index (χ2n) is 6.54. The molecule has 1 aromatic carbocycles. The first-order valence-corrected chi connectivity index (χ1v) is 10.1. The van der Waals surface area contributed by atoms with E-state index in [0.717, 1.165) is 50.2 Å². The van der Waals surface area contributed by atoms with Gasteiger partial charge in [0.15, 0.2) is 17.5 Å². The summed E-state index contributed by atoms with van der Waals surface area (Å²) < 4.78 is 16.6. The lowest BCUT2D eigenvalue weighted by Crippen LogP contribution is -2.38. The van der Waals surface area contributed by atoms with Gasteiger partial charge in [-0.2, -0.15) is 0 Å². The maximum atomic E-state index is 6.33. The van der Waals surface area contributed by atoms with E-state index in [0.29, 0.717) is 29.7 Å². The Kier molecular flexibility index (Phi) is 9.56. The normalized spacial score (nSPS) is 14.1. The fourth-order valence-corrected chi connectivity index (χ4v) is 2.86. The molecule has 1 aliphatic rings. The Balaban J connectivity index is 1.85. The van der Waals surface area contributed by atoms with Crippen LogP contribution >= 0.6 is 11.6 Å². The molecule has 1 aromatic rings. The number of guanidine groups is 1. The molecule has 0 aliphatic heterocycles. The van der Waals surface area contributed by atoms with Crippen LogP contribution in [-0.4, -0.2) is 46.0 Å². The van der Waals surface area contributed by atoms with Gasteiger partial charge in [0.1, 0.15) is 0 Å². The first-order valence-electron chi connectivity index (χ1n) is 9.77. The molecule has 0 bridgehead atoms. The Morgan fingerprint density at radius 1 is 1.26 bits per heavy atom. The molecule has 0 atom stereocenters. The van der Waals surface area contributed by atoms with Crippen molar-refractivity contribution in [2.75, 3.05) is 40.0 Å². The third-order valence-corrected chi connectivity index (χ3v) is 4.43. The SMILES string of the molecule is CCNC(=NCc1cc(Cl)c(OCC)c(OC)c1)NCCCOCC1CC1. The average Bonchev–Trinajstić information content (AvgIpc) is 3.48. The topological polar surface area (TPSA) is 64.1 Å². The van der Waals surface area contributed by atoms with Gasteiger partial charge in [-0.05, 0) is 56.7 Å². The van der Waals surface area contributed by atoms with E-state index in [4.69, 9.17) is 25.8 Å². The summed E-state index contributed by atoms with van der Waals surface area (Å²) in [6.45, 7) is 8.32. The van der Waals surface area contributed by atoms with Crippen molar-refractivity contribution in [3.63, 3.8) is 0 Å². The van der Waals surface area contributed by atoms with Crippen LogP contribution < -0.4 is 20.1 Å². The van der Waals surface area contributed by atoms with Crippen LogP contribution in [0.15, 0.2) is 17.1 Å². The highest BCUT2D eigenvalue weighted by molar-refractivity contribution is 6.32. The van der Waals surface area contributed by atoms with E-state index < -0.39 is 0 Å². The van der Waals surface area contributed by atoms with E-state index in [1.165, 1.54) is 12.8 Å². The van der Waals surface area contributed by atoms with Gasteiger partial charge < -0.3 is 24.8 Å². The molecule has 7 heteroatoms. The molecule has 1 saturated carbocycles. The molecule has 0 aromatic heterocycles. The highest BCUT2D eigenvalue weighted by Crippen LogP contribution is 2.36. The number of halogens is 1. The van der Waals surface area contributed by atoms with Gasteiger partial charge in [0.2, 0.25) is 0 Å². The summed E-state index contributed by atoms with van der Waals surface area (Å²) in [5.41, 5.74) is 0.963. The van der Waals surface area contributed by atoms with Gasteiger partial charge in [-0.1, -0.05) is 11.6 Å². The minimum Gasteiger partial charge on any atom is -0.493 e. The number of nitrogens with zero attached hydrogens (tertiary/aromatic N) is 1. The number of benzene rings is 1. The summed E-state index contributed by atoms with van der Waals surface area (Å²) in [5, 5.41) is 7.13.